The molecule has 4 rings (SSSR count). The lowest BCUT2D eigenvalue weighted by atomic mass is 9.95. The Morgan fingerprint density at radius 3 is 2.61 bits per heavy atom. The number of nitrogens with zero attached hydrogens (tertiary/aromatic N) is 5. The van der Waals surface area contributed by atoms with Crippen LogP contribution in [0.2, 0.25) is 0 Å². The molecule has 15 heteroatoms. The number of aromatic nitrogens is 2. The van der Waals surface area contributed by atoms with Crippen LogP contribution in [0.15, 0.2) is 22.4 Å². The fraction of sp³-hybridized carbons (Fsp3) is 0.571. The van der Waals surface area contributed by atoms with E-state index in [-0.39, 0.29) is 33.7 Å². The summed E-state index contributed by atoms with van der Waals surface area (Å²) in [5, 5.41) is 15.3. The van der Waals surface area contributed by atoms with Crippen LogP contribution in [0, 0.1) is 0 Å². The fourth-order valence-corrected chi connectivity index (χ4v) is 5.46. The molecule has 196 valence electrons. The van der Waals surface area contributed by atoms with Gasteiger partial charge in [-0.2, -0.15) is 21.6 Å². The molecule has 1 fully saturated rings. The Bertz CT molecular complexity index is 1260. The summed E-state index contributed by atoms with van der Waals surface area (Å²) in [6.45, 7) is 4.49. The van der Waals surface area contributed by atoms with Crippen molar-refractivity contribution >= 4 is 49.5 Å². The number of nitrogens with one attached hydrogen (secondary N) is 1. The van der Waals surface area contributed by atoms with Crippen molar-refractivity contribution in [1.82, 2.24) is 10.2 Å². The van der Waals surface area contributed by atoms with Crippen molar-refractivity contribution < 1.29 is 31.1 Å². The second-order valence-electron chi connectivity index (χ2n) is 8.62. The van der Waals surface area contributed by atoms with Gasteiger partial charge in [-0.3, -0.25) is 4.72 Å². The number of fused-ring (bicyclic) bond motifs is 1. The van der Waals surface area contributed by atoms with Gasteiger partial charge in [0.15, 0.2) is 0 Å². The van der Waals surface area contributed by atoms with Crippen molar-refractivity contribution in [3.05, 3.63) is 22.7 Å². The van der Waals surface area contributed by atoms with Crippen LogP contribution in [0.1, 0.15) is 61.3 Å². The minimum Gasteiger partial charge on any atom is -0.457 e. The van der Waals surface area contributed by atoms with E-state index < -0.39 is 21.5 Å². The number of hydrogen-bond donors (Lipinski definition) is 1. The number of ether oxygens (including phenoxy) is 1. The van der Waals surface area contributed by atoms with E-state index >= 15 is 0 Å². The standard InChI is InChI=1S/C21H25F3N6O4S2/c1-3-30-12(2)8-9-13-10-15(16(11-17(13)30)29-36(32,33)21(22,23)24)25-27-20-28-26-18(35-20)19(31)34-14-6-4-5-7-14/h10-12,14,29H,3-9H2,1-2H3. The van der Waals surface area contributed by atoms with Crippen molar-refractivity contribution in [2.75, 3.05) is 16.2 Å². The molecule has 2 aromatic rings. The number of aryl methyl sites for hydroxylation is 1. The zero-order valence-electron chi connectivity index (χ0n) is 19.6. The first kappa shape index (κ1) is 26.3. The summed E-state index contributed by atoms with van der Waals surface area (Å²) in [4.78, 5) is 14.2. The highest BCUT2D eigenvalue weighted by molar-refractivity contribution is 7.93. The van der Waals surface area contributed by atoms with Gasteiger partial charge in [-0.05, 0) is 70.1 Å². The molecule has 0 amide bonds. The highest BCUT2D eigenvalue weighted by Crippen LogP contribution is 2.41. The number of sulfonamides is 1. The maximum atomic E-state index is 13.1. The van der Waals surface area contributed by atoms with Gasteiger partial charge in [-0.1, -0.05) is 11.3 Å². The monoisotopic (exact) mass is 546 g/mol. The van der Waals surface area contributed by atoms with E-state index in [0.717, 1.165) is 49.0 Å². The van der Waals surface area contributed by atoms with Crippen LogP contribution >= 0.6 is 11.3 Å². The average molecular weight is 547 g/mol. The minimum atomic E-state index is -5.70. The molecular formula is C21H25F3N6O4S2. The predicted molar refractivity (Wildman–Crippen MR) is 128 cm³/mol. The quantitative estimate of drug-likeness (QED) is 0.360. The summed E-state index contributed by atoms with van der Waals surface area (Å²) in [5.74, 6) is -0.623. The number of carbonyl (C=O) groups is 1. The van der Waals surface area contributed by atoms with Gasteiger partial charge in [-0.15, -0.1) is 20.4 Å². The van der Waals surface area contributed by atoms with Crippen LogP contribution in [-0.2, 0) is 21.2 Å². The highest BCUT2D eigenvalue weighted by atomic mass is 32.2. The summed E-state index contributed by atoms with van der Waals surface area (Å²) in [6.07, 6.45) is 4.86. The predicted octanol–water partition coefficient (Wildman–Crippen LogP) is 5.48. The van der Waals surface area contributed by atoms with Gasteiger partial charge in [0.05, 0.1) is 5.69 Å². The second-order valence-corrected chi connectivity index (χ2v) is 11.3. The van der Waals surface area contributed by atoms with Crippen LogP contribution in [0.4, 0.5) is 35.4 Å². The molecule has 0 bridgehead atoms. The molecule has 1 aromatic heterocycles. The summed E-state index contributed by atoms with van der Waals surface area (Å²) in [6, 6.07) is 2.99. The topological polar surface area (TPSA) is 126 Å². The lowest BCUT2D eigenvalue weighted by molar-refractivity contribution is -0.0429. The van der Waals surface area contributed by atoms with Crippen LogP contribution in [-0.4, -0.2) is 48.8 Å². The van der Waals surface area contributed by atoms with E-state index in [0.29, 0.717) is 18.7 Å². The van der Waals surface area contributed by atoms with Gasteiger partial charge in [0.25, 0.3) is 5.13 Å². The Balaban J connectivity index is 1.64. The average Bonchev–Trinajstić information content (AvgIpc) is 3.49. The van der Waals surface area contributed by atoms with E-state index in [4.69, 9.17) is 4.74 Å². The summed E-state index contributed by atoms with van der Waals surface area (Å²) >= 11 is 0.816. The van der Waals surface area contributed by atoms with Crippen molar-refractivity contribution in [2.24, 2.45) is 10.2 Å². The first-order chi connectivity index (χ1) is 17.0. The molecule has 1 aliphatic carbocycles. The van der Waals surface area contributed by atoms with Gasteiger partial charge < -0.3 is 9.64 Å². The van der Waals surface area contributed by atoms with Crippen LogP contribution < -0.4 is 9.62 Å². The SMILES string of the molecule is CCN1c2cc(NS(=O)(=O)C(F)(F)F)c(N=Nc3nnc(C(=O)OC4CCCC4)s3)cc2CCC1C. The van der Waals surface area contributed by atoms with Gasteiger partial charge >= 0.3 is 21.5 Å². The molecule has 1 aromatic carbocycles. The number of anilines is 2. The van der Waals surface area contributed by atoms with Crippen molar-refractivity contribution in [3.63, 3.8) is 0 Å². The molecule has 2 aliphatic rings. The molecule has 10 nitrogen and oxygen atoms in total. The Morgan fingerprint density at radius 2 is 1.94 bits per heavy atom. The number of benzene rings is 1. The molecule has 1 N–H and O–H groups in total. The zero-order valence-corrected chi connectivity index (χ0v) is 21.2. The Labute approximate surface area is 210 Å². The maximum Gasteiger partial charge on any atom is 0.516 e. The lowest BCUT2D eigenvalue weighted by Crippen LogP contribution is -2.37. The molecule has 0 spiro atoms. The number of hydrogen-bond acceptors (Lipinski definition) is 10. The molecule has 0 saturated heterocycles. The Kier molecular flexibility index (Phi) is 7.50. The van der Waals surface area contributed by atoms with Gasteiger partial charge in [0.1, 0.15) is 11.8 Å². The number of rotatable bonds is 7. The minimum absolute atomic E-state index is 0.0214. The molecule has 1 atom stereocenters. The van der Waals surface area contributed by atoms with Crippen LogP contribution in [0.3, 0.4) is 0 Å². The number of carbonyl (C=O) groups excluding carboxylic acids is 1. The third-order valence-corrected chi connectivity index (χ3v) is 8.05. The van der Waals surface area contributed by atoms with Gasteiger partial charge in [0.2, 0.25) is 5.01 Å². The zero-order chi connectivity index (χ0) is 26.1. The summed E-state index contributed by atoms with van der Waals surface area (Å²) < 4.78 is 70.0. The second kappa shape index (κ2) is 10.3. The fourth-order valence-electron chi connectivity index (χ4n) is 4.34. The molecule has 2 heterocycles. The third kappa shape index (κ3) is 5.61. The molecule has 36 heavy (non-hydrogen) atoms. The lowest BCUT2D eigenvalue weighted by Gasteiger charge is -2.36. The Morgan fingerprint density at radius 1 is 1.22 bits per heavy atom. The van der Waals surface area contributed by atoms with E-state index in [2.05, 4.69) is 20.4 Å². The highest BCUT2D eigenvalue weighted by Gasteiger charge is 2.46. The first-order valence-corrected chi connectivity index (χ1v) is 13.8. The molecular weight excluding hydrogens is 521 g/mol. The Hall–Kier alpha value is -2.81. The van der Waals surface area contributed by atoms with Crippen LogP contribution in [0.25, 0.3) is 0 Å². The number of azo groups is 1. The molecule has 1 unspecified atom stereocenters. The number of esters is 1. The van der Waals surface area contributed by atoms with Gasteiger partial charge in [-0.25, -0.2) is 4.79 Å². The summed E-state index contributed by atoms with van der Waals surface area (Å²) in [7, 11) is -5.70. The molecule has 1 saturated carbocycles. The normalized spacial score (nSPS) is 19.0. The van der Waals surface area contributed by atoms with E-state index in [1.165, 1.54) is 12.1 Å². The molecule has 0 radical (unpaired) electrons. The maximum absolute atomic E-state index is 13.1. The largest absolute Gasteiger partial charge is 0.516 e. The van der Waals surface area contributed by atoms with E-state index in [9.17, 15) is 26.4 Å². The van der Waals surface area contributed by atoms with Crippen LogP contribution in [0.5, 0.6) is 0 Å². The van der Waals surface area contributed by atoms with Gasteiger partial charge in [0, 0.05) is 18.3 Å². The molecule has 1 aliphatic heterocycles. The third-order valence-electron chi connectivity index (χ3n) is 6.17. The summed E-state index contributed by atoms with van der Waals surface area (Å²) in [5.41, 5.74) is -4.56. The van der Waals surface area contributed by atoms with E-state index in [1.54, 1.807) is 4.72 Å². The smallest absolute Gasteiger partial charge is 0.457 e. The van der Waals surface area contributed by atoms with Crippen molar-refractivity contribution in [2.45, 2.75) is 70.0 Å². The number of halogens is 3. The number of alkyl halides is 3. The van der Waals surface area contributed by atoms with Crippen molar-refractivity contribution in [3.8, 4) is 0 Å². The van der Waals surface area contributed by atoms with E-state index in [1.807, 2.05) is 18.7 Å². The first-order valence-electron chi connectivity index (χ1n) is 11.5. The van der Waals surface area contributed by atoms with Crippen molar-refractivity contribution in [1.29, 1.82) is 0 Å².